The van der Waals surface area contributed by atoms with Crippen LogP contribution < -0.4 is 5.32 Å². The number of hydrogen-bond donors (Lipinski definition) is 1. The molecule has 1 aliphatic carbocycles. The Morgan fingerprint density at radius 3 is 2.39 bits per heavy atom. The molecule has 0 unspecified atom stereocenters. The normalized spacial score (nSPS) is 21.8. The average molecular weight is 349 g/mol. The highest BCUT2D eigenvalue weighted by molar-refractivity contribution is 7.92. The van der Waals surface area contributed by atoms with Crippen LogP contribution >= 0.6 is 0 Å². The smallest absolute Gasteiger partial charge is 0.351 e. The van der Waals surface area contributed by atoms with Crippen LogP contribution in [0.5, 0.6) is 0 Å². The molecule has 0 spiro atoms. The summed E-state index contributed by atoms with van der Waals surface area (Å²) in [5.41, 5.74) is -0.245. The van der Waals surface area contributed by atoms with Gasteiger partial charge in [-0.25, -0.2) is 8.42 Å². The van der Waals surface area contributed by atoms with E-state index in [0.29, 0.717) is 12.0 Å². The van der Waals surface area contributed by atoms with E-state index in [1.54, 1.807) is 6.07 Å². The van der Waals surface area contributed by atoms with Gasteiger partial charge in [-0.3, -0.25) is 4.79 Å². The van der Waals surface area contributed by atoms with Gasteiger partial charge >= 0.3 is 6.18 Å². The number of amides is 1. The first-order chi connectivity index (χ1) is 10.3. The summed E-state index contributed by atoms with van der Waals surface area (Å²) in [6.45, 7) is 2.61. The molecule has 128 valence electrons. The van der Waals surface area contributed by atoms with Gasteiger partial charge in [0.15, 0.2) is 9.84 Å². The number of carbonyl (C=O) groups excluding carboxylic acids is 1. The highest BCUT2D eigenvalue weighted by Crippen LogP contribution is 2.42. The summed E-state index contributed by atoms with van der Waals surface area (Å²) in [4.78, 5) is 12.1. The van der Waals surface area contributed by atoms with Crippen molar-refractivity contribution >= 4 is 15.7 Å². The number of sulfone groups is 1. The van der Waals surface area contributed by atoms with Gasteiger partial charge in [0.25, 0.3) is 0 Å². The molecule has 1 saturated carbocycles. The van der Waals surface area contributed by atoms with Gasteiger partial charge < -0.3 is 5.32 Å². The summed E-state index contributed by atoms with van der Waals surface area (Å²) in [7, 11) is -3.59. The largest absolute Gasteiger partial charge is 0.416 e. The molecule has 1 aliphatic rings. The minimum absolute atomic E-state index is 0.225. The first-order valence-corrected chi connectivity index (χ1v) is 8.91. The minimum Gasteiger partial charge on any atom is -0.351 e. The molecule has 8 heteroatoms. The summed E-state index contributed by atoms with van der Waals surface area (Å²) in [5.74, 6) is -0.865. The Hall–Kier alpha value is -1.57. The van der Waals surface area contributed by atoms with Crippen molar-refractivity contribution in [3.05, 3.63) is 35.4 Å². The number of hydrogen-bond acceptors (Lipinski definition) is 3. The van der Waals surface area contributed by atoms with Crippen molar-refractivity contribution in [1.82, 2.24) is 5.32 Å². The van der Waals surface area contributed by atoms with E-state index in [1.807, 2.05) is 0 Å². The lowest BCUT2D eigenvalue weighted by Gasteiger charge is -2.21. The van der Waals surface area contributed by atoms with Crippen molar-refractivity contribution in [1.29, 1.82) is 0 Å². The van der Waals surface area contributed by atoms with E-state index in [0.717, 1.165) is 18.4 Å². The standard InChI is InChI=1S/C15H18F3NO3S/c1-14(2,23(3,21)22)13(20)19-12-8-11(12)9-5-4-6-10(7-9)15(16,17)18/h4-7,11-12H,8H2,1-3H3,(H,19,20)/t11-,12-/m0/s1. The second kappa shape index (κ2) is 5.51. The fraction of sp³-hybridized carbons (Fsp3) is 0.533. The number of nitrogens with one attached hydrogen (secondary N) is 1. The summed E-state index contributed by atoms with van der Waals surface area (Å²) in [6, 6.07) is 4.63. The molecule has 4 nitrogen and oxygen atoms in total. The second-order valence-corrected chi connectivity index (χ2v) is 8.89. The molecule has 0 radical (unpaired) electrons. The average Bonchev–Trinajstić information content (AvgIpc) is 3.15. The Labute approximate surface area is 133 Å². The van der Waals surface area contributed by atoms with Crippen molar-refractivity contribution < 1.29 is 26.4 Å². The van der Waals surface area contributed by atoms with Crippen LogP contribution in [0.15, 0.2) is 24.3 Å². The number of halogens is 3. The molecule has 0 aliphatic heterocycles. The first-order valence-electron chi connectivity index (χ1n) is 7.02. The Morgan fingerprint density at radius 2 is 1.87 bits per heavy atom. The third kappa shape index (κ3) is 3.68. The second-order valence-electron chi connectivity index (χ2n) is 6.33. The predicted octanol–water partition coefficient (Wildman–Crippen LogP) is 2.50. The van der Waals surface area contributed by atoms with Gasteiger partial charge in [-0.1, -0.05) is 18.2 Å². The van der Waals surface area contributed by atoms with E-state index in [1.165, 1.54) is 19.9 Å². The molecule has 23 heavy (non-hydrogen) atoms. The molecule has 0 heterocycles. The maximum absolute atomic E-state index is 12.7. The van der Waals surface area contributed by atoms with Crippen LogP contribution in [0.25, 0.3) is 0 Å². The lowest BCUT2D eigenvalue weighted by atomic mass is 10.1. The van der Waals surface area contributed by atoms with Crippen LogP contribution in [0, 0.1) is 0 Å². The van der Waals surface area contributed by atoms with E-state index in [4.69, 9.17) is 0 Å². The third-order valence-corrected chi connectivity index (χ3v) is 6.26. The zero-order valence-electron chi connectivity index (χ0n) is 12.9. The van der Waals surface area contributed by atoms with E-state index < -0.39 is 32.2 Å². The van der Waals surface area contributed by atoms with Gasteiger partial charge in [0.05, 0.1) is 5.56 Å². The molecule has 2 rings (SSSR count). The van der Waals surface area contributed by atoms with Crippen molar-refractivity contribution in [2.45, 2.75) is 43.2 Å². The van der Waals surface area contributed by atoms with Crippen molar-refractivity contribution in [2.75, 3.05) is 6.26 Å². The van der Waals surface area contributed by atoms with Gasteiger partial charge in [-0.05, 0) is 31.9 Å². The van der Waals surface area contributed by atoms with Gasteiger partial charge in [0, 0.05) is 18.2 Å². The highest BCUT2D eigenvalue weighted by atomic mass is 32.2. The quantitative estimate of drug-likeness (QED) is 0.908. The number of rotatable bonds is 4. The zero-order valence-corrected chi connectivity index (χ0v) is 13.8. The SMILES string of the molecule is CC(C)(C(=O)N[C@H]1C[C@H]1c1cccc(C(F)(F)F)c1)S(C)(=O)=O. The van der Waals surface area contributed by atoms with Crippen LogP contribution in [0.4, 0.5) is 13.2 Å². The lowest BCUT2D eigenvalue weighted by molar-refractivity contribution is -0.137. The molecule has 0 aromatic heterocycles. The molecular weight excluding hydrogens is 331 g/mol. The summed E-state index contributed by atoms with van der Waals surface area (Å²) >= 11 is 0. The molecule has 1 N–H and O–H groups in total. The van der Waals surface area contributed by atoms with Crippen LogP contribution in [-0.2, 0) is 20.8 Å². The summed E-state index contributed by atoms with van der Waals surface area (Å²) in [6.07, 6.45) is -2.95. The number of benzene rings is 1. The van der Waals surface area contributed by atoms with Gasteiger partial charge in [-0.2, -0.15) is 13.2 Å². The van der Waals surface area contributed by atoms with Crippen LogP contribution in [0.1, 0.15) is 37.3 Å². The lowest BCUT2D eigenvalue weighted by Crippen LogP contribution is -2.48. The molecule has 1 fully saturated rings. The summed E-state index contributed by atoms with van der Waals surface area (Å²) < 4.78 is 59.8. The maximum atomic E-state index is 12.7. The van der Waals surface area contributed by atoms with Crippen molar-refractivity contribution in [3.63, 3.8) is 0 Å². The van der Waals surface area contributed by atoms with E-state index in [2.05, 4.69) is 5.32 Å². The molecule has 1 aromatic rings. The Bertz CT molecular complexity index is 726. The van der Waals surface area contributed by atoms with Crippen LogP contribution in [0.3, 0.4) is 0 Å². The third-order valence-electron chi connectivity index (χ3n) is 4.22. The summed E-state index contributed by atoms with van der Waals surface area (Å²) in [5, 5.41) is 2.61. The fourth-order valence-electron chi connectivity index (χ4n) is 2.18. The van der Waals surface area contributed by atoms with Crippen molar-refractivity contribution in [2.24, 2.45) is 0 Å². The molecule has 1 aromatic carbocycles. The van der Waals surface area contributed by atoms with E-state index in [-0.39, 0.29) is 12.0 Å². The Morgan fingerprint density at radius 1 is 1.26 bits per heavy atom. The maximum Gasteiger partial charge on any atom is 0.416 e. The first kappa shape index (κ1) is 17.8. The van der Waals surface area contributed by atoms with Crippen LogP contribution in [-0.4, -0.2) is 31.4 Å². The monoisotopic (exact) mass is 349 g/mol. The van der Waals surface area contributed by atoms with Gasteiger partial charge in [0.1, 0.15) is 4.75 Å². The molecule has 1 amide bonds. The Kier molecular flexibility index (Phi) is 4.26. The molecular formula is C15H18F3NO3S. The van der Waals surface area contributed by atoms with Crippen molar-refractivity contribution in [3.8, 4) is 0 Å². The van der Waals surface area contributed by atoms with E-state index >= 15 is 0 Å². The van der Waals surface area contributed by atoms with Crippen LogP contribution in [0.2, 0.25) is 0 Å². The fourth-order valence-corrected chi connectivity index (χ4v) is 2.57. The molecule has 0 bridgehead atoms. The predicted molar refractivity (Wildman–Crippen MR) is 79.7 cm³/mol. The van der Waals surface area contributed by atoms with E-state index in [9.17, 15) is 26.4 Å². The zero-order chi connectivity index (χ0) is 17.6. The number of carbonyl (C=O) groups is 1. The number of alkyl halides is 3. The topological polar surface area (TPSA) is 63.2 Å². The minimum atomic E-state index is -4.41. The molecule has 0 saturated heterocycles. The highest BCUT2D eigenvalue weighted by Gasteiger charge is 2.45. The Balaban J connectivity index is 2.08. The van der Waals surface area contributed by atoms with Gasteiger partial charge in [0.2, 0.25) is 5.91 Å². The van der Waals surface area contributed by atoms with Gasteiger partial charge in [-0.15, -0.1) is 0 Å². The molecule has 2 atom stereocenters.